The number of carbonyl (C=O) groups is 1. The van der Waals surface area contributed by atoms with Crippen LogP contribution in [0, 0.1) is 0 Å². The fourth-order valence-electron chi connectivity index (χ4n) is 1.67. The van der Waals surface area contributed by atoms with E-state index in [0.29, 0.717) is 12.4 Å². The van der Waals surface area contributed by atoms with Crippen molar-refractivity contribution in [2.24, 2.45) is 0 Å². The van der Waals surface area contributed by atoms with Crippen LogP contribution in [0.4, 0.5) is 5.82 Å². The van der Waals surface area contributed by atoms with Gasteiger partial charge in [0.2, 0.25) is 0 Å². The van der Waals surface area contributed by atoms with Gasteiger partial charge in [-0.2, -0.15) is 0 Å². The normalized spacial score (nSPS) is 10.2. The summed E-state index contributed by atoms with van der Waals surface area (Å²) in [6, 6.07) is 13.2. The lowest BCUT2D eigenvalue weighted by Gasteiger charge is -2.07. The third-order valence-electron chi connectivity index (χ3n) is 2.61. The van der Waals surface area contributed by atoms with Crippen molar-refractivity contribution >= 4 is 23.4 Å². The lowest BCUT2D eigenvalue weighted by atomic mass is 10.1. The molecule has 2 aromatic rings. The second-order valence-corrected chi connectivity index (χ2v) is 4.40. The zero-order valence-corrected chi connectivity index (χ0v) is 10.9. The molecule has 1 aromatic heterocycles. The number of hydrogen-bond acceptors (Lipinski definition) is 3. The van der Waals surface area contributed by atoms with Crippen molar-refractivity contribution in [3.63, 3.8) is 0 Å². The van der Waals surface area contributed by atoms with E-state index < -0.39 is 5.97 Å². The van der Waals surface area contributed by atoms with Gasteiger partial charge in [0.05, 0.1) is 5.02 Å². The van der Waals surface area contributed by atoms with Crippen LogP contribution in [0.1, 0.15) is 16.1 Å². The Bertz CT molecular complexity index is 573. The minimum Gasteiger partial charge on any atom is -0.476 e. The molecule has 0 atom stereocenters. The monoisotopic (exact) mass is 276 g/mol. The first-order chi connectivity index (χ1) is 9.16. The first-order valence-corrected chi connectivity index (χ1v) is 6.22. The summed E-state index contributed by atoms with van der Waals surface area (Å²) < 4.78 is 0. The van der Waals surface area contributed by atoms with Gasteiger partial charge in [0.25, 0.3) is 0 Å². The van der Waals surface area contributed by atoms with Crippen LogP contribution in [0.25, 0.3) is 0 Å². The van der Waals surface area contributed by atoms with Crippen molar-refractivity contribution in [3.8, 4) is 0 Å². The zero-order valence-electron chi connectivity index (χ0n) is 10.1. The van der Waals surface area contributed by atoms with Crippen LogP contribution < -0.4 is 5.32 Å². The Morgan fingerprint density at radius 1 is 1.21 bits per heavy atom. The van der Waals surface area contributed by atoms with Gasteiger partial charge in [-0.15, -0.1) is 0 Å². The molecule has 0 spiro atoms. The average molecular weight is 277 g/mol. The third-order valence-corrected chi connectivity index (χ3v) is 2.92. The van der Waals surface area contributed by atoms with Crippen LogP contribution in [-0.2, 0) is 6.42 Å². The minimum absolute atomic E-state index is 0.133. The Balaban J connectivity index is 1.97. The second-order valence-electron chi connectivity index (χ2n) is 3.99. The number of carboxylic acid groups (broad SMARTS) is 1. The molecule has 1 heterocycles. The SMILES string of the molecule is O=C(O)c1nc(NCCc2ccccc2)ccc1Cl. The van der Waals surface area contributed by atoms with Crippen LogP contribution in [0.5, 0.6) is 0 Å². The molecule has 0 aliphatic carbocycles. The van der Waals surface area contributed by atoms with E-state index in [1.165, 1.54) is 11.6 Å². The lowest BCUT2D eigenvalue weighted by Crippen LogP contribution is -2.09. The molecule has 0 saturated heterocycles. The van der Waals surface area contributed by atoms with Crippen LogP contribution in [0.2, 0.25) is 5.02 Å². The van der Waals surface area contributed by atoms with Crippen molar-refractivity contribution in [2.45, 2.75) is 6.42 Å². The molecular formula is C14H13ClN2O2. The molecule has 19 heavy (non-hydrogen) atoms. The predicted octanol–water partition coefficient (Wildman–Crippen LogP) is 3.09. The highest BCUT2D eigenvalue weighted by Gasteiger charge is 2.10. The summed E-state index contributed by atoms with van der Waals surface area (Å²) in [6.07, 6.45) is 0.841. The van der Waals surface area contributed by atoms with E-state index in [1.807, 2.05) is 30.3 Å². The molecule has 0 aliphatic heterocycles. The maximum atomic E-state index is 10.9. The molecule has 0 radical (unpaired) electrons. The molecule has 98 valence electrons. The van der Waals surface area contributed by atoms with Gasteiger partial charge in [-0.05, 0) is 24.1 Å². The van der Waals surface area contributed by atoms with Crippen LogP contribution in [-0.4, -0.2) is 22.6 Å². The van der Waals surface area contributed by atoms with Gasteiger partial charge in [0, 0.05) is 6.54 Å². The molecule has 0 bridgehead atoms. The van der Waals surface area contributed by atoms with Gasteiger partial charge in [0.15, 0.2) is 5.69 Å². The number of halogens is 1. The smallest absolute Gasteiger partial charge is 0.356 e. The van der Waals surface area contributed by atoms with Crippen LogP contribution in [0.3, 0.4) is 0 Å². The number of pyridine rings is 1. The van der Waals surface area contributed by atoms with Gasteiger partial charge < -0.3 is 10.4 Å². The summed E-state index contributed by atoms with van der Waals surface area (Å²) in [6.45, 7) is 0.678. The van der Waals surface area contributed by atoms with Gasteiger partial charge in [-0.1, -0.05) is 41.9 Å². The summed E-state index contributed by atoms with van der Waals surface area (Å²) in [5.41, 5.74) is 1.08. The lowest BCUT2D eigenvalue weighted by molar-refractivity contribution is 0.0691. The summed E-state index contributed by atoms with van der Waals surface area (Å²) in [4.78, 5) is 14.9. The summed E-state index contributed by atoms with van der Waals surface area (Å²) in [5.74, 6) is -0.616. The fraction of sp³-hybridized carbons (Fsp3) is 0.143. The number of anilines is 1. The number of nitrogens with one attached hydrogen (secondary N) is 1. The summed E-state index contributed by atoms with van der Waals surface area (Å²) in [5, 5.41) is 12.1. The second kappa shape index (κ2) is 6.20. The third kappa shape index (κ3) is 3.69. The molecule has 1 aromatic carbocycles. The highest BCUT2D eigenvalue weighted by atomic mass is 35.5. The molecule has 0 fully saturated rings. The Morgan fingerprint density at radius 3 is 2.63 bits per heavy atom. The molecule has 5 heteroatoms. The Hall–Kier alpha value is -2.07. The fourth-order valence-corrected chi connectivity index (χ4v) is 1.86. The molecule has 0 aliphatic rings. The Labute approximate surface area is 116 Å². The van der Waals surface area contributed by atoms with E-state index in [-0.39, 0.29) is 10.7 Å². The predicted molar refractivity (Wildman–Crippen MR) is 74.8 cm³/mol. The van der Waals surface area contributed by atoms with Gasteiger partial charge in [-0.3, -0.25) is 0 Å². The number of carboxylic acids is 1. The standard InChI is InChI=1S/C14H13ClN2O2/c15-11-6-7-12(17-13(11)14(18)19)16-9-8-10-4-2-1-3-5-10/h1-7H,8-9H2,(H,16,17)(H,18,19). The van der Waals surface area contributed by atoms with Gasteiger partial charge in [0.1, 0.15) is 5.82 Å². The number of rotatable bonds is 5. The Kier molecular flexibility index (Phi) is 4.36. The highest BCUT2D eigenvalue weighted by molar-refractivity contribution is 6.33. The van der Waals surface area contributed by atoms with Gasteiger partial charge in [-0.25, -0.2) is 9.78 Å². The number of aromatic carboxylic acids is 1. The van der Waals surface area contributed by atoms with E-state index >= 15 is 0 Å². The van der Waals surface area contributed by atoms with Crippen LogP contribution >= 0.6 is 11.6 Å². The van der Waals surface area contributed by atoms with E-state index in [4.69, 9.17) is 16.7 Å². The molecule has 2 rings (SSSR count). The van der Waals surface area contributed by atoms with E-state index in [1.54, 1.807) is 6.07 Å². The number of nitrogens with zero attached hydrogens (tertiary/aromatic N) is 1. The van der Waals surface area contributed by atoms with Crippen molar-refractivity contribution in [3.05, 3.63) is 58.7 Å². The molecular weight excluding hydrogens is 264 g/mol. The molecule has 0 amide bonds. The number of aromatic nitrogens is 1. The largest absolute Gasteiger partial charge is 0.476 e. The maximum Gasteiger partial charge on any atom is 0.356 e. The van der Waals surface area contributed by atoms with E-state index in [9.17, 15) is 4.79 Å². The molecule has 0 saturated carbocycles. The summed E-state index contributed by atoms with van der Waals surface area (Å²) >= 11 is 5.75. The highest BCUT2D eigenvalue weighted by Crippen LogP contribution is 2.16. The Morgan fingerprint density at radius 2 is 1.95 bits per heavy atom. The van der Waals surface area contributed by atoms with Crippen molar-refractivity contribution in [1.29, 1.82) is 0 Å². The van der Waals surface area contributed by atoms with E-state index in [0.717, 1.165) is 6.42 Å². The first kappa shape index (κ1) is 13.4. The van der Waals surface area contributed by atoms with Crippen molar-refractivity contribution < 1.29 is 9.90 Å². The maximum absolute atomic E-state index is 10.9. The first-order valence-electron chi connectivity index (χ1n) is 5.84. The average Bonchev–Trinajstić information content (AvgIpc) is 2.41. The summed E-state index contributed by atoms with van der Waals surface area (Å²) in [7, 11) is 0. The zero-order chi connectivity index (χ0) is 13.7. The van der Waals surface area contributed by atoms with Crippen molar-refractivity contribution in [2.75, 3.05) is 11.9 Å². The van der Waals surface area contributed by atoms with Crippen LogP contribution in [0.15, 0.2) is 42.5 Å². The molecule has 0 unspecified atom stereocenters. The topological polar surface area (TPSA) is 62.2 Å². The molecule has 4 nitrogen and oxygen atoms in total. The van der Waals surface area contributed by atoms with Gasteiger partial charge >= 0.3 is 5.97 Å². The quantitative estimate of drug-likeness (QED) is 0.881. The molecule has 2 N–H and O–H groups in total. The number of benzene rings is 1. The number of hydrogen-bond donors (Lipinski definition) is 2. The minimum atomic E-state index is -1.13. The van der Waals surface area contributed by atoms with E-state index in [2.05, 4.69) is 10.3 Å². The van der Waals surface area contributed by atoms with Crippen molar-refractivity contribution in [1.82, 2.24) is 4.98 Å².